The van der Waals surface area contributed by atoms with Crippen LogP contribution in [0.15, 0.2) is 36.5 Å². The Morgan fingerprint density at radius 2 is 0.696 bits per heavy atom. The van der Waals surface area contributed by atoms with E-state index in [9.17, 15) is 19.4 Å². The predicted octanol–water partition coefficient (Wildman–Crippen LogP) is 22.1. The summed E-state index contributed by atoms with van der Waals surface area (Å²) in [6.07, 6.45) is 81.6. The zero-order valence-electron chi connectivity index (χ0n) is 53.6. The first-order chi connectivity index (χ1) is 38.5. The molecule has 8 nitrogen and oxygen atoms in total. The first kappa shape index (κ1) is 77.7. The third-order valence-electron chi connectivity index (χ3n) is 16.1. The first-order valence-corrected chi connectivity index (χ1v) is 36.4. The number of quaternary nitrogens is 1. The van der Waals surface area contributed by atoms with Crippen LogP contribution in [0.25, 0.3) is 0 Å². The maximum atomic E-state index is 13.0. The van der Waals surface area contributed by atoms with Gasteiger partial charge in [0.15, 0.2) is 0 Å². The zero-order valence-corrected chi connectivity index (χ0v) is 54.5. The van der Waals surface area contributed by atoms with Gasteiger partial charge in [-0.1, -0.05) is 339 Å². The van der Waals surface area contributed by atoms with Crippen LogP contribution in [0.4, 0.5) is 0 Å². The summed E-state index contributed by atoms with van der Waals surface area (Å²) in [5, 5.41) is 14.0. The topological polar surface area (TPSA) is 105 Å². The first-order valence-electron chi connectivity index (χ1n) is 34.9. The van der Waals surface area contributed by atoms with Crippen LogP contribution in [-0.2, 0) is 18.4 Å². The molecule has 0 rings (SSSR count). The van der Waals surface area contributed by atoms with Crippen molar-refractivity contribution in [2.24, 2.45) is 0 Å². The van der Waals surface area contributed by atoms with Crippen molar-refractivity contribution in [1.29, 1.82) is 0 Å². The fraction of sp³-hybridized carbons (Fsp3) is 0.900. The van der Waals surface area contributed by atoms with Crippen molar-refractivity contribution in [1.82, 2.24) is 5.32 Å². The number of aliphatic hydroxyl groups excluding tert-OH is 1. The Bertz CT molecular complexity index is 1380. The molecule has 0 heterocycles. The minimum atomic E-state index is -4.36. The molecule has 468 valence electrons. The van der Waals surface area contributed by atoms with E-state index in [2.05, 4.69) is 43.5 Å². The molecular formula is C70H138N2O6P+. The highest BCUT2D eigenvalue weighted by atomic mass is 31.2. The highest BCUT2D eigenvalue weighted by Crippen LogP contribution is 2.43. The van der Waals surface area contributed by atoms with E-state index in [1.165, 1.54) is 289 Å². The molecule has 1 amide bonds. The zero-order chi connectivity index (χ0) is 57.7. The molecule has 3 unspecified atom stereocenters. The molecule has 0 radical (unpaired) electrons. The van der Waals surface area contributed by atoms with E-state index in [-0.39, 0.29) is 19.1 Å². The molecule has 0 aromatic heterocycles. The van der Waals surface area contributed by atoms with Gasteiger partial charge in [0.25, 0.3) is 0 Å². The van der Waals surface area contributed by atoms with Crippen LogP contribution < -0.4 is 5.32 Å². The minimum Gasteiger partial charge on any atom is -0.387 e. The standard InChI is InChI=1S/C70H137N2O6P/c1-6-8-10-12-14-16-18-20-22-24-26-28-30-32-34-35-36-38-40-42-44-46-48-50-52-54-56-58-60-62-64-70(74)71-68(67-78-79(75,76)77-66-65-72(3,4)5)69(73)63-61-59-57-55-53-51-49-47-45-43-41-39-37-33-31-29-27-25-23-21-19-17-15-13-11-9-7-2/h45,47,53,55,61,63,68-69,73H,6-44,46,48-52,54,56-60,62,64-67H2,1-5H3,(H-,71,74,75,76)/p+1/b47-45+,55-53+,63-61+. The van der Waals surface area contributed by atoms with Gasteiger partial charge in [0, 0.05) is 6.42 Å². The van der Waals surface area contributed by atoms with Crippen molar-refractivity contribution in [3.63, 3.8) is 0 Å². The van der Waals surface area contributed by atoms with E-state index >= 15 is 0 Å². The number of aliphatic hydroxyl groups is 1. The van der Waals surface area contributed by atoms with Gasteiger partial charge in [0.1, 0.15) is 13.2 Å². The van der Waals surface area contributed by atoms with Gasteiger partial charge < -0.3 is 19.8 Å². The second-order valence-electron chi connectivity index (χ2n) is 25.3. The van der Waals surface area contributed by atoms with E-state index in [4.69, 9.17) is 9.05 Å². The Morgan fingerprint density at radius 3 is 1.01 bits per heavy atom. The number of nitrogens with zero attached hydrogens (tertiary/aromatic N) is 1. The van der Waals surface area contributed by atoms with Crippen LogP contribution >= 0.6 is 7.82 Å². The normalized spacial score (nSPS) is 13.9. The summed E-state index contributed by atoms with van der Waals surface area (Å²) in [6.45, 7) is 4.85. The highest BCUT2D eigenvalue weighted by Gasteiger charge is 2.28. The molecule has 9 heteroatoms. The second kappa shape index (κ2) is 61.3. The maximum Gasteiger partial charge on any atom is 0.472 e. The van der Waals surface area contributed by atoms with Gasteiger partial charge >= 0.3 is 7.82 Å². The lowest BCUT2D eigenvalue weighted by molar-refractivity contribution is -0.870. The van der Waals surface area contributed by atoms with Gasteiger partial charge in [0.2, 0.25) is 5.91 Å². The van der Waals surface area contributed by atoms with E-state index in [0.717, 1.165) is 44.9 Å². The smallest absolute Gasteiger partial charge is 0.387 e. The number of likely N-dealkylation sites (N-methyl/N-ethyl adjacent to an activating group) is 1. The van der Waals surface area contributed by atoms with Gasteiger partial charge in [-0.15, -0.1) is 0 Å². The molecule has 0 aliphatic carbocycles. The molecule has 0 aliphatic heterocycles. The molecule has 0 spiro atoms. The number of carbonyl (C=O) groups excluding carboxylic acids is 1. The Labute approximate surface area is 493 Å². The molecule has 3 atom stereocenters. The van der Waals surface area contributed by atoms with Crippen LogP contribution in [0.1, 0.15) is 354 Å². The summed E-state index contributed by atoms with van der Waals surface area (Å²) < 4.78 is 23.8. The number of rotatable bonds is 65. The van der Waals surface area contributed by atoms with E-state index in [1.54, 1.807) is 6.08 Å². The molecule has 0 aromatic carbocycles. The molecule has 3 N–H and O–H groups in total. The Hall–Kier alpha value is -1.28. The van der Waals surface area contributed by atoms with Crippen molar-refractivity contribution in [2.45, 2.75) is 366 Å². The SMILES string of the molecule is CCCCCCCCCCCCCCCCCCC/C=C/CC/C=C/CC/C=C/C(O)C(COP(=O)(O)OCC[N+](C)(C)C)NC(=O)CCCCCCCCCCCCCCCCCCCCCCCCCCCCCCCC. The summed E-state index contributed by atoms with van der Waals surface area (Å²) in [7, 11) is 1.56. The molecule has 0 aliphatic rings. The van der Waals surface area contributed by atoms with E-state index in [0.29, 0.717) is 17.4 Å². The van der Waals surface area contributed by atoms with Crippen LogP contribution in [-0.4, -0.2) is 73.4 Å². The summed E-state index contributed by atoms with van der Waals surface area (Å²) in [4.78, 5) is 23.4. The van der Waals surface area contributed by atoms with Gasteiger partial charge in [-0.05, 0) is 44.9 Å². The number of phosphoric ester groups is 1. The number of hydrogen-bond donors (Lipinski definition) is 3. The summed E-state index contributed by atoms with van der Waals surface area (Å²) in [5.74, 6) is -0.183. The second-order valence-corrected chi connectivity index (χ2v) is 26.7. The number of amides is 1. The third-order valence-corrected chi connectivity index (χ3v) is 17.1. The average molecular weight is 1130 g/mol. The number of nitrogens with one attached hydrogen (secondary N) is 1. The molecule has 0 saturated carbocycles. The molecule has 0 aromatic rings. The Kier molecular flexibility index (Phi) is 60.3. The predicted molar refractivity (Wildman–Crippen MR) is 346 cm³/mol. The van der Waals surface area contributed by atoms with Crippen LogP contribution in [0.5, 0.6) is 0 Å². The van der Waals surface area contributed by atoms with Crippen LogP contribution in [0, 0.1) is 0 Å². The number of phosphoric acid groups is 1. The summed E-state index contributed by atoms with van der Waals surface area (Å²) in [5.41, 5.74) is 0. The van der Waals surface area contributed by atoms with Gasteiger partial charge in [-0.2, -0.15) is 0 Å². The quantitative estimate of drug-likeness (QED) is 0.0243. The van der Waals surface area contributed by atoms with Gasteiger partial charge in [-0.3, -0.25) is 13.8 Å². The maximum absolute atomic E-state index is 13.0. The molecule has 79 heavy (non-hydrogen) atoms. The Balaban J connectivity index is 4.10. The lowest BCUT2D eigenvalue weighted by atomic mass is 10.0. The molecule has 0 fully saturated rings. The van der Waals surface area contributed by atoms with E-state index in [1.807, 2.05) is 27.2 Å². The Morgan fingerprint density at radius 1 is 0.418 bits per heavy atom. The molecular weight excluding hydrogens is 996 g/mol. The lowest BCUT2D eigenvalue weighted by Crippen LogP contribution is -2.45. The fourth-order valence-electron chi connectivity index (χ4n) is 10.7. The van der Waals surface area contributed by atoms with Crippen molar-refractivity contribution >= 4 is 13.7 Å². The fourth-order valence-corrected chi connectivity index (χ4v) is 11.4. The lowest BCUT2D eigenvalue weighted by Gasteiger charge is -2.25. The van der Waals surface area contributed by atoms with Crippen molar-refractivity contribution in [3.8, 4) is 0 Å². The van der Waals surface area contributed by atoms with Crippen molar-refractivity contribution in [3.05, 3.63) is 36.5 Å². The van der Waals surface area contributed by atoms with Gasteiger partial charge in [-0.25, -0.2) is 4.57 Å². The van der Waals surface area contributed by atoms with Crippen molar-refractivity contribution in [2.75, 3.05) is 40.9 Å². The average Bonchev–Trinajstić information content (AvgIpc) is 3.42. The minimum absolute atomic E-state index is 0.0554. The monoisotopic (exact) mass is 1130 g/mol. The number of allylic oxidation sites excluding steroid dienone is 5. The summed E-state index contributed by atoms with van der Waals surface area (Å²) in [6, 6.07) is -0.869. The molecule has 0 bridgehead atoms. The van der Waals surface area contributed by atoms with Crippen LogP contribution in [0.2, 0.25) is 0 Å². The number of carbonyl (C=O) groups is 1. The largest absolute Gasteiger partial charge is 0.472 e. The van der Waals surface area contributed by atoms with Crippen molar-refractivity contribution < 1.29 is 32.9 Å². The summed E-state index contributed by atoms with van der Waals surface area (Å²) >= 11 is 0. The van der Waals surface area contributed by atoms with E-state index < -0.39 is 20.0 Å². The number of hydrogen-bond acceptors (Lipinski definition) is 5. The third kappa shape index (κ3) is 64.1. The number of unbranched alkanes of at least 4 members (excludes halogenated alkanes) is 48. The van der Waals surface area contributed by atoms with Crippen LogP contribution in [0.3, 0.4) is 0 Å². The highest BCUT2D eigenvalue weighted by molar-refractivity contribution is 7.47. The molecule has 0 saturated heterocycles. The van der Waals surface area contributed by atoms with Gasteiger partial charge in [0.05, 0.1) is 39.9 Å².